The van der Waals surface area contributed by atoms with Gasteiger partial charge in [-0.05, 0) is 50.5 Å². The summed E-state index contributed by atoms with van der Waals surface area (Å²) in [7, 11) is 0. The smallest absolute Gasteiger partial charge is 0.237 e. The fourth-order valence-electron chi connectivity index (χ4n) is 4.34. The first kappa shape index (κ1) is 19.5. The Bertz CT molecular complexity index is 925. The van der Waals surface area contributed by atoms with E-state index in [1.54, 1.807) is 11.1 Å². The second-order valence-electron chi connectivity index (χ2n) is 7.68. The molecule has 2 saturated heterocycles. The quantitative estimate of drug-likeness (QED) is 0.813. The molecule has 0 saturated carbocycles. The van der Waals surface area contributed by atoms with E-state index in [1.807, 2.05) is 25.1 Å². The van der Waals surface area contributed by atoms with Crippen LogP contribution >= 0.6 is 0 Å². The summed E-state index contributed by atoms with van der Waals surface area (Å²) in [4.78, 5) is 21.0. The van der Waals surface area contributed by atoms with Gasteiger partial charge in [-0.25, -0.2) is 0 Å². The highest BCUT2D eigenvalue weighted by Gasteiger charge is 2.31. The first-order valence-electron chi connectivity index (χ1n) is 10.4. The fourth-order valence-corrected chi connectivity index (χ4v) is 4.34. The summed E-state index contributed by atoms with van der Waals surface area (Å²) in [6.45, 7) is 5.36. The summed E-state index contributed by atoms with van der Waals surface area (Å²) in [5.41, 5.74) is 1.90. The molecule has 7 nitrogen and oxygen atoms in total. The van der Waals surface area contributed by atoms with Crippen LogP contribution < -0.4 is 10.1 Å². The normalized spacial score (nSPS) is 22.0. The molecule has 1 unspecified atom stereocenters. The minimum atomic E-state index is -0.248. The number of rotatable bonds is 6. The summed E-state index contributed by atoms with van der Waals surface area (Å²) in [6, 6.07) is 10.3. The van der Waals surface area contributed by atoms with Crippen molar-refractivity contribution in [2.45, 2.75) is 38.3 Å². The number of benzene rings is 1. The van der Waals surface area contributed by atoms with E-state index < -0.39 is 0 Å². The predicted octanol–water partition coefficient (Wildman–Crippen LogP) is 2.63. The van der Waals surface area contributed by atoms with Crippen LogP contribution in [0.3, 0.4) is 0 Å². The van der Waals surface area contributed by atoms with Gasteiger partial charge in [0.2, 0.25) is 5.91 Å². The van der Waals surface area contributed by atoms with Gasteiger partial charge in [0, 0.05) is 42.9 Å². The predicted molar refractivity (Wildman–Crippen MR) is 112 cm³/mol. The average molecular weight is 393 g/mol. The average Bonchev–Trinajstić information content (AvgIpc) is 3.39. The zero-order chi connectivity index (χ0) is 20.2. The number of hydrogen-bond donors (Lipinski definition) is 1. The third kappa shape index (κ3) is 4.13. The van der Waals surface area contributed by atoms with Gasteiger partial charge in [0.15, 0.2) is 0 Å². The monoisotopic (exact) mass is 393 g/mol. The standard InChI is InChI=1S/C22H27N5O2/c1-2-29-20-8-7-19(18-6-3-10-24-22(18)20)25-16-9-12-26(14-16)15-21(28)27-11-4-5-17(27)13-23/h3,6-8,10,16-17,25H,2,4-5,9,11-12,14-15H2,1H3/t16-,17?/m0/s1. The maximum atomic E-state index is 12.6. The lowest BCUT2D eigenvalue weighted by atomic mass is 10.1. The molecule has 2 fully saturated rings. The third-order valence-corrected chi connectivity index (χ3v) is 5.75. The van der Waals surface area contributed by atoms with Gasteiger partial charge >= 0.3 is 0 Å². The van der Waals surface area contributed by atoms with E-state index in [0.29, 0.717) is 19.7 Å². The van der Waals surface area contributed by atoms with Crippen LogP contribution in [0.25, 0.3) is 10.9 Å². The first-order valence-corrected chi connectivity index (χ1v) is 10.4. The number of likely N-dealkylation sites (tertiary alicyclic amines) is 2. The van der Waals surface area contributed by atoms with Crippen molar-refractivity contribution in [1.29, 1.82) is 5.26 Å². The lowest BCUT2D eigenvalue weighted by molar-refractivity contribution is -0.132. The van der Waals surface area contributed by atoms with E-state index in [1.165, 1.54) is 0 Å². The van der Waals surface area contributed by atoms with Gasteiger partial charge < -0.3 is 15.0 Å². The van der Waals surface area contributed by atoms with Crippen molar-refractivity contribution in [3.05, 3.63) is 30.5 Å². The van der Waals surface area contributed by atoms with Crippen LogP contribution in [0.5, 0.6) is 5.75 Å². The minimum absolute atomic E-state index is 0.0745. The molecule has 29 heavy (non-hydrogen) atoms. The van der Waals surface area contributed by atoms with E-state index >= 15 is 0 Å². The molecule has 0 aliphatic carbocycles. The van der Waals surface area contributed by atoms with Crippen molar-refractivity contribution < 1.29 is 9.53 Å². The molecule has 2 atom stereocenters. The Labute approximate surface area is 171 Å². The van der Waals surface area contributed by atoms with Gasteiger partial charge in [-0.15, -0.1) is 0 Å². The number of ether oxygens (including phenoxy) is 1. The number of pyridine rings is 1. The van der Waals surface area contributed by atoms with Crippen LogP contribution in [0.1, 0.15) is 26.2 Å². The summed E-state index contributed by atoms with van der Waals surface area (Å²) < 4.78 is 5.71. The summed E-state index contributed by atoms with van der Waals surface area (Å²) in [5.74, 6) is 0.871. The zero-order valence-electron chi connectivity index (χ0n) is 16.8. The van der Waals surface area contributed by atoms with Gasteiger partial charge in [0.25, 0.3) is 0 Å². The molecular weight excluding hydrogens is 366 g/mol. The summed E-state index contributed by atoms with van der Waals surface area (Å²) >= 11 is 0. The number of carbonyl (C=O) groups is 1. The maximum absolute atomic E-state index is 12.6. The van der Waals surface area contributed by atoms with Gasteiger partial charge in [0.1, 0.15) is 17.3 Å². The Kier molecular flexibility index (Phi) is 5.81. The van der Waals surface area contributed by atoms with E-state index in [-0.39, 0.29) is 18.0 Å². The van der Waals surface area contributed by atoms with Gasteiger partial charge in [-0.1, -0.05) is 0 Å². The molecule has 3 heterocycles. The van der Waals surface area contributed by atoms with Crippen LogP contribution in [-0.4, -0.2) is 65.6 Å². The molecule has 0 spiro atoms. The van der Waals surface area contributed by atoms with Crippen molar-refractivity contribution in [3.8, 4) is 11.8 Å². The lowest BCUT2D eigenvalue weighted by Gasteiger charge is -2.23. The fraction of sp³-hybridized carbons (Fsp3) is 0.500. The molecular formula is C22H27N5O2. The number of fused-ring (bicyclic) bond motifs is 1. The van der Waals surface area contributed by atoms with Crippen LogP contribution in [0.4, 0.5) is 5.69 Å². The summed E-state index contributed by atoms with van der Waals surface area (Å²) in [6.07, 6.45) is 4.48. The Balaban J connectivity index is 1.40. The molecule has 0 bridgehead atoms. The van der Waals surface area contributed by atoms with Crippen molar-refractivity contribution in [3.63, 3.8) is 0 Å². The number of anilines is 1. The second kappa shape index (κ2) is 8.66. The number of nitrogens with one attached hydrogen (secondary N) is 1. The van der Waals surface area contributed by atoms with Crippen LogP contribution in [0, 0.1) is 11.3 Å². The number of aromatic nitrogens is 1. The van der Waals surface area contributed by atoms with E-state index in [4.69, 9.17) is 4.74 Å². The zero-order valence-corrected chi connectivity index (χ0v) is 16.8. The van der Waals surface area contributed by atoms with Crippen molar-refractivity contribution in [2.75, 3.05) is 38.1 Å². The molecule has 2 aliphatic rings. The molecule has 152 valence electrons. The minimum Gasteiger partial charge on any atom is -0.492 e. The number of amides is 1. The number of carbonyl (C=O) groups excluding carboxylic acids is 1. The molecule has 4 rings (SSSR count). The van der Waals surface area contributed by atoms with Crippen molar-refractivity contribution in [1.82, 2.24) is 14.8 Å². The molecule has 2 aliphatic heterocycles. The molecule has 1 amide bonds. The highest BCUT2D eigenvalue weighted by atomic mass is 16.5. The number of nitrogens with zero attached hydrogens (tertiary/aromatic N) is 4. The van der Waals surface area contributed by atoms with E-state index in [0.717, 1.165) is 54.7 Å². The van der Waals surface area contributed by atoms with Gasteiger partial charge in [-0.2, -0.15) is 5.26 Å². The summed E-state index contributed by atoms with van der Waals surface area (Å²) in [5, 5.41) is 13.9. The Morgan fingerprint density at radius 1 is 1.34 bits per heavy atom. The highest BCUT2D eigenvalue weighted by Crippen LogP contribution is 2.31. The van der Waals surface area contributed by atoms with Crippen molar-refractivity contribution in [2.24, 2.45) is 0 Å². The molecule has 1 aromatic heterocycles. The molecule has 7 heteroatoms. The number of nitriles is 1. The molecule has 2 aromatic rings. The van der Waals surface area contributed by atoms with Crippen molar-refractivity contribution >= 4 is 22.5 Å². The Morgan fingerprint density at radius 3 is 3.07 bits per heavy atom. The topological polar surface area (TPSA) is 81.5 Å². The van der Waals surface area contributed by atoms with Crippen LogP contribution in [0.2, 0.25) is 0 Å². The van der Waals surface area contributed by atoms with Crippen LogP contribution in [-0.2, 0) is 4.79 Å². The maximum Gasteiger partial charge on any atom is 0.237 e. The third-order valence-electron chi connectivity index (χ3n) is 5.75. The SMILES string of the molecule is CCOc1ccc(N[C@H]2CCN(CC(=O)N3CCCC3C#N)C2)c2cccnc12. The van der Waals surface area contributed by atoms with E-state index in [2.05, 4.69) is 27.3 Å². The van der Waals surface area contributed by atoms with Gasteiger partial charge in [0.05, 0.1) is 19.2 Å². The van der Waals surface area contributed by atoms with Gasteiger partial charge in [-0.3, -0.25) is 14.7 Å². The molecule has 0 radical (unpaired) electrons. The molecule has 1 N–H and O–H groups in total. The molecule has 1 aromatic carbocycles. The number of hydrogen-bond acceptors (Lipinski definition) is 6. The highest BCUT2D eigenvalue weighted by molar-refractivity contribution is 5.95. The largest absolute Gasteiger partial charge is 0.492 e. The Hall–Kier alpha value is -2.85. The second-order valence-corrected chi connectivity index (χ2v) is 7.68. The lowest BCUT2D eigenvalue weighted by Crippen LogP contribution is -2.42. The first-order chi connectivity index (χ1) is 14.2. The van der Waals surface area contributed by atoms with E-state index in [9.17, 15) is 10.1 Å². The Morgan fingerprint density at radius 2 is 2.24 bits per heavy atom. The van der Waals surface area contributed by atoms with Crippen LogP contribution in [0.15, 0.2) is 30.5 Å².